The number of nitrogens with one attached hydrogen (secondary N) is 1. The second-order valence-electron chi connectivity index (χ2n) is 7.30. The number of urea groups is 1. The average Bonchev–Trinajstić information content (AvgIpc) is 3.33. The largest absolute Gasteiger partial charge is 0.454 e. The van der Waals surface area contributed by atoms with Gasteiger partial charge < -0.3 is 19.7 Å². The molecule has 0 aromatic heterocycles. The first-order chi connectivity index (χ1) is 12.8. The van der Waals surface area contributed by atoms with E-state index in [9.17, 15) is 4.79 Å². The van der Waals surface area contributed by atoms with E-state index in [-0.39, 0.29) is 6.03 Å². The Morgan fingerprint density at radius 1 is 1.12 bits per heavy atom. The lowest BCUT2D eigenvalue weighted by molar-refractivity contribution is 0.137. The molecular weight excluding hydrogens is 330 g/mol. The van der Waals surface area contributed by atoms with Crippen molar-refractivity contribution in [2.75, 3.05) is 33.0 Å². The lowest BCUT2D eigenvalue weighted by Gasteiger charge is -2.34. The zero-order valence-electron chi connectivity index (χ0n) is 15.2. The zero-order valence-corrected chi connectivity index (χ0v) is 15.2. The van der Waals surface area contributed by atoms with Crippen LogP contribution in [0.15, 0.2) is 30.5 Å². The van der Waals surface area contributed by atoms with Gasteiger partial charge in [0.25, 0.3) is 0 Å². The van der Waals surface area contributed by atoms with Crippen molar-refractivity contribution in [1.29, 1.82) is 0 Å². The van der Waals surface area contributed by atoms with Crippen molar-refractivity contribution in [2.45, 2.75) is 32.2 Å². The fraction of sp³-hybridized carbons (Fsp3) is 0.550. The van der Waals surface area contributed by atoms with Crippen molar-refractivity contribution >= 4 is 6.03 Å². The van der Waals surface area contributed by atoms with E-state index in [4.69, 9.17) is 9.47 Å². The van der Waals surface area contributed by atoms with Gasteiger partial charge in [-0.1, -0.05) is 25.0 Å². The van der Waals surface area contributed by atoms with Gasteiger partial charge in [0.15, 0.2) is 11.5 Å². The molecule has 0 atom stereocenters. The minimum absolute atomic E-state index is 0.0157. The van der Waals surface area contributed by atoms with E-state index in [2.05, 4.69) is 28.4 Å². The minimum atomic E-state index is 0.0157. The van der Waals surface area contributed by atoms with Gasteiger partial charge >= 0.3 is 6.03 Å². The third-order valence-corrected chi connectivity index (χ3v) is 5.48. The Morgan fingerprint density at radius 2 is 1.88 bits per heavy atom. The summed E-state index contributed by atoms with van der Waals surface area (Å²) in [5.74, 6) is 2.30. The summed E-state index contributed by atoms with van der Waals surface area (Å²) in [6.07, 6.45) is 9.14. The van der Waals surface area contributed by atoms with Crippen LogP contribution in [-0.4, -0.2) is 48.8 Å². The number of piperazine rings is 1. The van der Waals surface area contributed by atoms with Crippen molar-refractivity contribution in [3.63, 3.8) is 0 Å². The third-order valence-electron chi connectivity index (χ3n) is 5.48. The number of amides is 2. The van der Waals surface area contributed by atoms with E-state index in [1.807, 2.05) is 17.2 Å². The van der Waals surface area contributed by atoms with Gasteiger partial charge in [0.05, 0.1) is 0 Å². The second kappa shape index (κ2) is 7.99. The number of rotatable bonds is 4. The van der Waals surface area contributed by atoms with Gasteiger partial charge in [0.2, 0.25) is 6.79 Å². The van der Waals surface area contributed by atoms with Gasteiger partial charge in [-0.05, 0) is 36.5 Å². The van der Waals surface area contributed by atoms with Gasteiger partial charge in [-0.25, -0.2) is 4.79 Å². The van der Waals surface area contributed by atoms with Gasteiger partial charge in [-0.3, -0.25) is 4.90 Å². The first-order valence-corrected chi connectivity index (χ1v) is 9.61. The molecule has 0 spiro atoms. The average molecular weight is 357 g/mol. The van der Waals surface area contributed by atoms with Crippen LogP contribution in [-0.2, 0) is 6.54 Å². The Kier molecular flexibility index (Phi) is 5.29. The lowest BCUT2D eigenvalue weighted by atomic mass is 10.1. The standard InChI is InChI=1S/C20H27N3O3/c24-20(21-8-7-16-3-1-2-4-16)23-11-9-22(10-12-23)14-17-5-6-18-19(13-17)26-15-25-18/h5-8,13,16H,1-4,9-12,14-15H2,(H,21,24)/b8-7+. The van der Waals surface area contributed by atoms with Crippen LogP contribution in [0.3, 0.4) is 0 Å². The molecule has 1 saturated carbocycles. The Hall–Kier alpha value is -2.21. The van der Waals surface area contributed by atoms with Crippen molar-refractivity contribution in [1.82, 2.24) is 15.1 Å². The van der Waals surface area contributed by atoms with Crippen LogP contribution >= 0.6 is 0 Å². The summed E-state index contributed by atoms with van der Waals surface area (Å²) in [4.78, 5) is 16.5. The summed E-state index contributed by atoms with van der Waals surface area (Å²) in [6, 6.07) is 6.12. The van der Waals surface area contributed by atoms with Gasteiger partial charge in [0.1, 0.15) is 0 Å². The number of carbonyl (C=O) groups is 1. The maximum absolute atomic E-state index is 12.3. The molecule has 1 aromatic carbocycles. The second-order valence-corrected chi connectivity index (χ2v) is 7.30. The molecule has 0 radical (unpaired) electrons. The van der Waals surface area contributed by atoms with Crippen LogP contribution in [0.25, 0.3) is 0 Å². The van der Waals surface area contributed by atoms with Crippen molar-refractivity contribution < 1.29 is 14.3 Å². The van der Waals surface area contributed by atoms with Gasteiger partial charge in [-0.15, -0.1) is 0 Å². The summed E-state index contributed by atoms with van der Waals surface area (Å²) < 4.78 is 10.8. The summed E-state index contributed by atoms with van der Waals surface area (Å²) in [7, 11) is 0. The molecule has 1 N–H and O–H groups in total. The zero-order chi connectivity index (χ0) is 17.8. The van der Waals surface area contributed by atoms with Crippen LogP contribution in [0.4, 0.5) is 4.79 Å². The number of nitrogens with zero attached hydrogens (tertiary/aromatic N) is 2. The maximum atomic E-state index is 12.3. The highest BCUT2D eigenvalue weighted by Crippen LogP contribution is 2.32. The van der Waals surface area contributed by atoms with Crippen molar-refractivity contribution in [3.05, 3.63) is 36.0 Å². The van der Waals surface area contributed by atoms with E-state index in [0.717, 1.165) is 44.2 Å². The van der Waals surface area contributed by atoms with Crippen LogP contribution in [0.1, 0.15) is 31.2 Å². The molecule has 2 fully saturated rings. The number of hydrogen-bond donors (Lipinski definition) is 1. The molecule has 140 valence electrons. The minimum Gasteiger partial charge on any atom is -0.454 e. The summed E-state index contributed by atoms with van der Waals surface area (Å²) in [5, 5.41) is 2.93. The number of ether oxygens (including phenoxy) is 2. The van der Waals surface area contributed by atoms with Crippen molar-refractivity contribution in [2.24, 2.45) is 5.92 Å². The lowest BCUT2D eigenvalue weighted by Crippen LogP contribution is -2.50. The molecule has 1 aliphatic carbocycles. The maximum Gasteiger partial charge on any atom is 0.321 e. The molecule has 4 rings (SSSR count). The van der Waals surface area contributed by atoms with Gasteiger partial charge in [0, 0.05) is 38.9 Å². The highest BCUT2D eigenvalue weighted by atomic mass is 16.7. The molecule has 3 aliphatic rings. The van der Waals surface area contributed by atoms with Gasteiger partial charge in [-0.2, -0.15) is 0 Å². The van der Waals surface area contributed by atoms with E-state index in [1.54, 1.807) is 0 Å². The fourth-order valence-corrected chi connectivity index (χ4v) is 3.90. The molecule has 0 bridgehead atoms. The van der Waals surface area contributed by atoms with Crippen molar-refractivity contribution in [3.8, 4) is 11.5 Å². The molecule has 1 saturated heterocycles. The number of benzene rings is 1. The highest BCUT2D eigenvalue weighted by Gasteiger charge is 2.21. The Bertz CT molecular complexity index is 662. The quantitative estimate of drug-likeness (QED) is 0.900. The Balaban J connectivity index is 1.21. The van der Waals surface area contributed by atoms with Crippen LogP contribution in [0, 0.1) is 5.92 Å². The van der Waals surface area contributed by atoms with E-state index >= 15 is 0 Å². The summed E-state index contributed by atoms with van der Waals surface area (Å²) in [5.41, 5.74) is 1.21. The number of carbonyl (C=O) groups excluding carboxylic acids is 1. The molecule has 2 amide bonds. The first kappa shape index (κ1) is 17.2. The molecule has 6 nitrogen and oxygen atoms in total. The molecule has 1 aromatic rings. The number of hydrogen-bond acceptors (Lipinski definition) is 4. The van der Waals surface area contributed by atoms with Crippen LogP contribution in [0.5, 0.6) is 11.5 Å². The van der Waals surface area contributed by atoms with E-state index in [0.29, 0.717) is 12.7 Å². The van der Waals surface area contributed by atoms with Crippen LogP contribution in [0.2, 0.25) is 0 Å². The monoisotopic (exact) mass is 357 g/mol. The number of allylic oxidation sites excluding steroid dienone is 1. The van der Waals surface area contributed by atoms with E-state index in [1.165, 1.54) is 31.2 Å². The molecule has 6 heteroatoms. The highest BCUT2D eigenvalue weighted by molar-refractivity contribution is 5.75. The number of fused-ring (bicyclic) bond motifs is 1. The summed E-state index contributed by atoms with van der Waals surface area (Å²) >= 11 is 0. The Labute approximate surface area is 154 Å². The van der Waals surface area contributed by atoms with E-state index < -0.39 is 0 Å². The smallest absolute Gasteiger partial charge is 0.321 e. The molecule has 2 aliphatic heterocycles. The fourth-order valence-electron chi connectivity index (χ4n) is 3.90. The molecule has 26 heavy (non-hydrogen) atoms. The molecular formula is C20H27N3O3. The first-order valence-electron chi connectivity index (χ1n) is 9.61. The predicted octanol–water partition coefficient (Wildman–Crippen LogP) is 2.95. The molecule has 0 unspecified atom stereocenters. The topological polar surface area (TPSA) is 54.0 Å². The van der Waals surface area contributed by atoms with Crippen LogP contribution < -0.4 is 14.8 Å². The SMILES string of the molecule is O=C(N/C=C/C1CCCC1)N1CCN(Cc2ccc3c(c2)OCO3)CC1. The Morgan fingerprint density at radius 3 is 2.69 bits per heavy atom. The summed E-state index contributed by atoms with van der Waals surface area (Å²) in [6.45, 7) is 4.46. The normalized spacial score (nSPS) is 20.8. The third kappa shape index (κ3) is 4.12. The predicted molar refractivity (Wildman–Crippen MR) is 99.0 cm³/mol. The molecule has 2 heterocycles.